The minimum absolute atomic E-state index is 0.236. The van der Waals surface area contributed by atoms with Gasteiger partial charge in [-0.25, -0.2) is 9.79 Å². The highest BCUT2D eigenvalue weighted by Crippen LogP contribution is 2.36. The van der Waals surface area contributed by atoms with Crippen molar-refractivity contribution in [2.24, 2.45) is 4.99 Å². The second-order valence-corrected chi connectivity index (χ2v) is 10.1. The zero-order valence-electron chi connectivity index (χ0n) is 15.7. The molecule has 0 saturated heterocycles. The van der Waals surface area contributed by atoms with E-state index in [0.717, 1.165) is 34.6 Å². The van der Waals surface area contributed by atoms with Gasteiger partial charge in [-0.1, -0.05) is 44.0 Å². The van der Waals surface area contributed by atoms with E-state index in [-0.39, 0.29) is 11.6 Å². The van der Waals surface area contributed by atoms with Crippen LogP contribution in [0.3, 0.4) is 0 Å². The van der Waals surface area contributed by atoms with E-state index in [1.54, 1.807) is 6.08 Å². The number of aliphatic imine (C=N–C) groups is 1. The first-order chi connectivity index (χ1) is 14.9. The first kappa shape index (κ1) is 22.5. The quantitative estimate of drug-likeness (QED) is 0.207. The largest absolute Gasteiger partial charge is 0.487 e. The lowest BCUT2D eigenvalue weighted by molar-refractivity contribution is -0.129. The van der Waals surface area contributed by atoms with Gasteiger partial charge < -0.3 is 9.47 Å². The van der Waals surface area contributed by atoms with Crippen LogP contribution in [-0.2, 0) is 16.1 Å². The maximum Gasteiger partial charge on any atom is 0.363 e. The molecule has 156 valence electrons. The van der Waals surface area contributed by atoms with E-state index in [4.69, 9.17) is 9.47 Å². The molecule has 1 aliphatic rings. The van der Waals surface area contributed by atoms with Crippen LogP contribution in [0.25, 0.3) is 6.08 Å². The van der Waals surface area contributed by atoms with Gasteiger partial charge in [-0.2, -0.15) is 0 Å². The average molecular weight is 671 g/mol. The molecule has 0 N–H and O–H groups in total. The van der Waals surface area contributed by atoms with Gasteiger partial charge in [0.2, 0.25) is 5.90 Å². The molecule has 0 radical (unpaired) electrons. The maximum atomic E-state index is 12.3. The van der Waals surface area contributed by atoms with E-state index in [1.165, 1.54) is 0 Å². The lowest BCUT2D eigenvalue weighted by atomic mass is 10.2. The summed E-state index contributed by atoms with van der Waals surface area (Å²) in [5.41, 5.74) is 2.79. The summed E-state index contributed by atoms with van der Waals surface area (Å²) in [5, 5.41) is 0. The van der Waals surface area contributed by atoms with Crippen molar-refractivity contribution in [2.45, 2.75) is 6.61 Å². The van der Waals surface area contributed by atoms with Crippen molar-refractivity contribution >= 4 is 81.7 Å². The summed E-state index contributed by atoms with van der Waals surface area (Å²) in [7, 11) is 0. The van der Waals surface area contributed by atoms with Crippen LogP contribution in [0.4, 0.5) is 0 Å². The summed E-state index contributed by atoms with van der Waals surface area (Å²) >= 11 is 14.0. The lowest BCUT2D eigenvalue weighted by Gasteiger charge is -2.12. The Hall–Kier alpha value is -1.74. The molecule has 0 fully saturated rings. The van der Waals surface area contributed by atoms with Crippen LogP contribution in [0.5, 0.6) is 5.75 Å². The van der Waals surface area contributed by atoms with Crippen LogP contribution in [0, 0.1) is 0 Å². The molecular formula is C23H13Br4NO3. The Morgan fingerprint density at radius 2 is 1.61 bits per heavy atom. The lowest BCUT2D eigenvalue weighted by Crippen LogP contribution is -2.05. The Labute approximate surface area is 212 Å². The average Bonchev–Trinajstić information content (AvgIpc) is 3.08. The van der Waals surface area contributed by atoms with E-state index in [1.807, 2.05) is 60.7 Å². The van der Waals surface area contributed by atoms with E-state index in [2.05, 4.69) is 68.7 Å². The number of rotatable bonds is 5. The zero-order chi connectivity index (χ0) is 22.0. The Bertz CT molecular complexity index is 1200. The van der Waals surface area contributed by atoms with Gasteiger partial charge in [0, 0.05) is 14.5 Å². The number of carbonyl (C=O) groups is 1. The summed E-state index contributed by atoms with van der Waals surface area (Å²) in [5.74, 6) is 0.478. The Balaban J connectivity index is 1.55. The smallest absolute Gasteiger partial charge is 0.363 e. The molecule has 0 spiro atoms. The number of halogens is 4. The minimum Gasteiger partial charge on any atom is -0.487 e. The maximum absolute atomic E-state index is 12.3. The number of ether oxygens (including phenoxy) is 2. The number of cyclic esters (lactones) is 1. The topological polar surface area (TPSA) is 47.9 Å². The third-order valence-electron chi connectivity index (χ3n) is 4.31. The molecule has 4 nitrogen and oxygen atoms in total. The van der Waals surface area contributed by atoms with Gasteiger partial charge in [0.05, 0.1) is 8.95 Å². The Morgan fingerprint density at radius 1 is 0.903 bits per heavy atom. The Kier molecular flexibility index (Phi) is 7.11. The van der Waals surface area contributed by atoms with Crippen LogP contribution in [0.2, 0.25) is 0 Å². The highest BCUT2D eigenvalue weighted by molar-refractivity contribution is 9.11. The van der Waals surface area contributed by atoms with Crippen LogP contribution in [0.15, 0.2) is 89.2 Å². The van der Waals surface area contributed by atoms with Gasteiger partial charge in [-0.05, 0) is 97.6 Å². The molecule has 31 heavy (non-hydrogen) atoms. The van der Waals surface area contributed by atoms with Crippen molar-refractivity contribution in [1.29, 1.82) is 0 Å². The van der Waals surface area contributed by atoms with Crippen molar-refractivity contribution in [3.63, 3.8) is 0 Å². The third-order valence-corrected chi connectivity index (χ3v) is 6.51. The van der Waals surface area contributed by atoms with Crippen LogP contribution < -0.4 is 4.74 Å². The fourth-order valence-corrected chi connectivity index (χ4v) is 5.03. The molecule has 0 aromatic heterocycles. The molecule has 0 saturated carbocycles. The second kappa shape index (κ2) is 9.81. The molecule has 1 aliphatic heterocycles. The summed E-state index contributed by atoms with van der Waals surface area (Å²) < 4.78 is 14.8. The molecule has 8 heteroatoms. The van der Waals surface area contributed by atoms with Gasteiger partial charge in [0.1, 0.15) is 12.4 Å². The predicted molar refractivity (Wildman–Crippen MR) is 135 cm³/mol. The van der Waals surface area contributed by atoms with Crippen LogP contribution >= 0.6 is 63.7 Å². The SMILES string of the molecule is O=C1OC(c2ccc(Br)cc2)=N/C1=C\c1cc(Br)c(OCc2cccc(Br)c2)c(Br)c1. The van der Waals surface area contributed by atoms with Crippen LogP contribution in [0.1, 0.15) is 16.7 Å². The molecule has 3 aromatic rings. The summed E-state index contributed by atoms with van der Waals surface area (Å²) in [6, 6.07) is 19.1. The summed E-state index contributed by atoms with van der Waals surface area (Å²) in [6.45, 7) is 0.421. The summed E-state index contributed by atoms with van der Waals surface area (Å²) in [4.78, 5) is 16.6. The number of nitrogens with zero attached hydrogens (tertiary/aromatic N) is 1. The third kappa shape index (κ3) is 5.55. The molecule has 4 rings (SSSR count). The number of esters is 1. The van der Waals surface area contributed by atoms with E-state index < -0.39 is 5.97 Å². The molecule has 3 aromatic carbocycles. The fraction of sp³-hybridized carbons (Fsp3) is 0.0435. The van der Waals surface area contributed by atoms with Gasteiger partial charge in [0.15, 0.2) is 5.70 Å². The second-order valence-electron chi connectivity index (χ2n) is 6.58. The highest BCUT2D eigenvalue weighted by Gasteiger charge is 2.24. The van der Waals surface area contributed by atoms with E-state index in [0.29, 0.717) is 12.4 Å². The van der Waals surface area contributed by atoms with Gasteiger partial charge >= 0.3 is 5.97 Å². The molecule has 0 atom stereocenters. The normalized spacial score (nSPS) is 14.5. The van der Waals surface area contributed by atoms with Crippen molar-refractivity contribution < 1.29 is 14.3 Å². The summed E-state index contributed by atoms with van der Waals surface area (Å²) in [6.07, 6.45) is 1.68. The van der Waals surface area contributed by atoms with E-state index >= 15 is 0 Å². The standard InChI is InChI=1S/C23H13Br4NO3/c24-16-6-4-15(5-7-16)22-28-20(23(29)31-22)11-14-9-18(26)21(19(27)10-14)30-12-13-2-1-3-17(25)8-13/h1-11H,12H2/b20-11-. The highest BCUT2D eigenvalue weighted by atomic mass is 79.9. The van der Waals surface area contributed by atoms with E-state index in [9.17, 15) is 4.79 Å². The number of benzene rings is 3. The van der Waals surface area contributed by atoms with Crippen molar-refractivity contribution in [3.8, 4) is 5.75 Å². The monoisotopic (exact) mass is 667 g/mol. The van der Waals surface area contributed by atoms with Gasteiger partial charge in [-0.3, -0.25) is 0 Å². The zero-order valence-corrected chi connectivity index (χ0v) is 22.1. The molecule has 0 amide bonds. The van der Waals surface area contributed by atoms with Gasteiger partial charge in [-0.15, -0.1) is 0 Å². The fourth-order valence-electron chi connectivity index (χ4n) is 2.87. The molecular weight excluding hydrogens is 658 g/mol. The number of hydrogen-bond donors (Lipinski definition) is 0. The number of carbonyl (C=O) groups excluding carboxylic acids is 1. The van der Waals surface area contributed by atoms with Crippen molar-refractivity contribution in [1.82, 2.24) is 0 Å². The van der Waals surface area contributed by atoms with Crippen molar-refractivity contribution in [2.75, 3.05) is 0 Å². The minimum atomic E-state index is -0.486. The molecule has 0 unspecified atom stereocenters. The van der Waals surface area contributed by atoms with Crippen molar-refractivity contribution in [3.05, 3.63) is 101 Å². The predicted octanol–water partition coefficient (Wildman–Crippen LogP) is 7.66. The Morgan fingerprint density at radius 3 is 2.29 bits per heavy atom. The first-order valence-corrected chi connectivity index (χ1v) is 12.2. The number of hydrogen-bond acceptors (Lipinski definition) is 4. The molecule has 1 heterocycles. The first-order valence-electron chi connectivity index (χ1n) is 9.04. The molecule has 0 aliphatic carbocycles. The van der Waals surface area contributed by atoms with Gasteiger partial charge in [0.25, 0.3) is 0 Å². The molecule has 0 bridgehead atoms. The van der Waals surface area contributed by atoms with Crippen LogP contribution in [-0.4, -0.2) is 11.9 Å².